The highest BCUT2D eigenvalue weighted by Crippen LogP contribution is 2.21. The summed E-state index contributed by atoms with van der Waals surface area (Å²) in [4.78, 5) is 11.3. The van der Waals surface area contributed by atoms with Gasteiger partial charge in [0.1, 0.15) is 0 Å². The van der Waals surface area contributed by atoms with Crippen molar-refractivity contribution in [2.75, 3.05) is 18.1 Å². The van der Waals surface area contributed by atoms with E-state index in [0.29, 0.717) is 0 Å². The first-order valence-electron chi connectivity index (χ1n) is 4.88. The lowest BCUT2D eigenvalue weighted by Gasteiger charge is -2.12. The van der Waals surface area contributed by atoms with Crippen LogP contribution in [0.2, 0.25) is 0 Å². The molecular weight excluding hydrogens is 182 g/mol. The van der Waals surface area contributed by atoms with Gasteiger partial charge >= 0.3 is 0 Å². The summed E-state index contributed by atoms with van der Waals surface area (Å²) in [6, 6.07) is 0. The van der Waals surface area contributed by atoms with Crippen LogP contribution in [0.5, 0.6) is 0 Å². The van der Waals surface area contributed by atoms with E-state index in [2.05, 4.69) is 12.2 Å². The van der Waals surface area contributed by atoms with Crippen molar-refractivity contribution in [3.05, 3.63) is 11.6 Å². The molecular formula is C10H17NOS. The number of hydrogen-bond donors (Lipinski definition) is 1. The molecule has 3 heteroatoms. The van der Waals surface area contributed by atoms with Crippen LogP contribution in [-0.2, 0) is 4.79 Å². The zero-order valence-electron chi connectivity index (χ0n) is 8.14. The Bertz CT molecular complexity index is 193. The van der Waals surface area contributed by atoms with Gasteiger partial charge in [0.25, 0.3) is 0 Å². The Balaban J connectivity index is 2.30. The minimum absolute atomic E-state index is 0.0868. The summed E-state index contributed by atoms with van der Waals surface area (Å²) in [5.41, 5.74) is 1.31. The van der Waals surface area contributed by atoms with E-state index in [9.17, 15) is 4.79 Å². The van der Waals surface area contributed by atoms with Crippen molar-refractivity contribution in [3.8, 4) is 0 Å². The molecule has 1 N–H and O–H groups in total. The Labute approximate surface area is 84.2 Å². The van der Waals surface area contributed by atoms with Crippen LogP contribution in [0.25, 0.3) is 0 Å². The average molecular weight is 199 g/mol. The second-order valence-electron chi connectivity index (χ2n) is 3.21. The Morgan fingerprint density at radius 1 is 1.54 bits per heavy atom. The molecule has 0 bridgehead atoms. The number of amides is 1. The molecule has 2 nitrogen and oxygen atoms in total. The molecule has 0 radical (unpaired) electrons. The smallest absolute Gasteiger partial charge is 0.243 e. The van der Waals surface area contributed by atoms with Crippen molar-refractivity contribution in [3.63, 3.8) is 0 Å². The molecule has 74 valence electrons. The van der Waals surface area contributed by atoms with E-state index in [1.54, 1.807) is 6.08 Å². The summed E-state index contributed by atoms with van der Waals surface area (Å²) in [5.74, 6) is 2.43. The van der Waals surface area contributed by atoms with Gasteiger partial charge in [-0.1, -0.05) is 12.5 Å². The van der Waals surface area contributed by atoms with Gasteiger partial charge in [0.2, 0.25) is 5.91 Å². The van der Waals surface area contributed by atoms with Gasteiger partial charge in [0, 0.05) is 12.6 Å². The number of rotatable bonds is 3. The van der Waals surface area contributed by atoms with Crippen LogP contribution in [0.1, 0.15) is 26.2 Å². The van der Waals surface area contributed by atoms with Crippen LogP contribution in [0, 0.1) is 0 Å². The molecule has 1 aliphatic heterocycles. The SMILES string of the molecule is CCCNC(=O)C=C1CCSCC1. The van der Waals surface area contributed by atoms with Crippen LogP contribution >= 0.6 is 11.8 Å². The molecule has 0 aromatic heterocycles. The number of carbonyl (C=O) groups is 1. The lowest BCUT2D eigenvalue weighted by atomic mass is 10.1. The molecule has 1 fully saturated rings. The maximum atomic E-state index is 11.3. The fourth-order valence-corrected chi connectivity index (χ4v) is 2.28. The summed E-state index contributed by atoms with van der Waals surface area (Å²) < 4.78 is 0. The van der Waals surface area contributed by atoms with Crippen LogP contribution in [0.15, 0.2) is 11.6 Å². The molecule has 1 amide bonds. The summed E-state index contributed by atoms with van der Waals surface area (Å²) in [6.45, 7) is 2.85. The van der Waals surface area contributed by atoms with E-state index in [-0.39, 0.29) is 5.91 Å². The van der Waals surface area contributed by atoms with Crippen LogP contribution in [0.4, 0.5) is 0 Å². The fourth-order valence-electron chi connectivity index (χ4n) is 1.26. The van der Waals surface area contributed by atoms with Crippen LogP contribution in [-0.4, -0.2) is 24.0 Å². The van der Waals surface area contributed by atoms with Gasteiger partial charge in [0.15, 0.2) is 0 Å². The highest BCUT2D eigenvalue weighted by Gasteiger charge is 2.06. The fraction of sp³-hybridized carbons (Fsp3) is 0.700. The molecule has 0 atom stereocenters. The number of carbonyl (C=O) groups excluding carboxylic acids is 1. The Morgan fingerprint density at radius 2 is 2.23 bits per heavy atom. The van der Waals surface area contributed by atoms with Gasteiger partial charge in [-0.25, -0.2) is 0 Å². The Kier molecular flexibility index (Phi) is 4.98. The van der Waals surface area contributed by atoms with Crippen molar-refractivity contribution < 1.29 is 4.79 Å². The predicted molar refractivity (Wildman–Crippen MR) is 57.9 cm³/mol. The van der Waals surface area contributed by atoms with E-state index < -0.39 is 0 Å². The van der Waals surface area contributed by atoms with Crippen molar-refractivity contribution >= 4 is 17.7 Å². The van der Waals surface area contributed by atoms with Gasteiger partial charge in [-0.2, -0.15) is 11.8 Å². The van der Waals surface area contributed by atoms with Crippen molar-refractivity contribution in [2.45, 2.75) is 26.2 Å². The van der Waals surface area contributed by atoms with E-state index in [1.807, 2.05) is 11.8 Å². The van der Waals surface area contributed by atoms with E-state index in [0.717, 1.165) is 25.8 Å². The quantitative estimate of drug-likeness (QED) is 0.704. The molecule has 0 aromatic carbocycles. The maximum Gasteiger partial charge on any atom is 0.243 e. The van der Waals surface area contributed by atoms with Crippen LogP contribution < -0.4 is 5.32 Å². The molecule has 1 saturated heterocycles. The molecule has 1 aliphatic rings. The zero-order valence-corrected chi connectivity index (χ0v) is 8.95. The third kappa shape index (κ3) is 4.36. The lowest BCUT2D eigenvalue weighted by molar-refractivity contribution is -0.116. The molecule has 1 heterocycles. The summed E-state index contributed by atoms with van der Waals surface area (Å²) in [7, 11) is 0. The molecule has 0 unspecified atom stereocenters. The van der Waals surface area contributed by atoms with Crippen LogP contribution in [0.3, 0.4) is 0 Å². The minimum Gasteiger partial charge on any atom is -0.353 e. The topological polar surface area (TPSA) is 29.1 Å². The number of hydrogen-bond acceptors (Lipinski definition) is 2. The van der Waals surface area contributed by atoms with Gasteiger partial charge < -0.3 is 5.32 Å². The molecule has 0 saturated carbocycles. The first kappa shape index (κ1) is 10.6. The molecule has 0 aliphatic carbocycles. The second-order valence-corrected chi connectivity index (χ2v) is 4.43. The summed E-state index contributed by atoms with van der Waals surface area (Å²) >= 11 is 1.97. The van der Waals surface area contributed by atoms with Gasteiger partial charge in [-0.05, 0) is 30.8 Å². The van der Waals surface area contributed by atoms with E-state index >= 15 is 0 Å². The van der Waals surface area contributed by atoms with Crippen molar-refractivity contribution in [1.29, 1.82) is 0 Å². The largest absolute Gasteiger partial charge is 0.353 e. The Morgan fingerprint density at radius 3 is 2.85 bits per heavy atom. The van der Waals surface area contributed by atoms with Crippen molar-refractivity contribution in [1.82, 2.24) is 5.32 Å². The number of nitrogens with one attached hydrogen (secondary N) is 1. The van der Waals surface area contributed by atoms with Crippen molar-refractivity contribution in [2.24, 2.45) is 0 Å². The minimum atomic E-state index is 0.0868. The van der Waals surface area contributed by atoms with Gasteiger partial charge in [0.05, 0.1) is 0 Å². The summed E-state index contributed by atoms with van der Waals surface area (Å²) in [6.07, 6.45) is 4.97. The Hall–Kier alpha value is -0.440. The predicted octanol–water partition coefficient (Wildman–Crippen LogP) is 1.97. The first-order chi connectivity index (χ1) is 6.33. The molecule has 0 aromatic rings. The lowest BCUT2D eigenvalue weighted by Crippen LogP contribution is -2.22. The van der Waals surface area contributed by atoms with Gasteiger partial charge in [-0.15, -0.1) is 0 Å². The molecule has 1 rings (SSSR count). The standard InChI is InChI=1S/C10H17NOS/c1-2-5-11-10(12)8-9-3-6-13-7-4-9/h8H,2-7H2,1H3,(H,11,12). The first-order valence-corrected chi connectivity index (χ1v) is 6.03. The number of allylic oxidation sites excluding steroid dienone is 1. The summed E-state index contributed by atoms with van der Waals surface area (Å²) in [5, 5.41) is 2.86. The maximum absolute atomic E-state index is 11.3. The average Bonchev–Trinajstić information content (AvgIpc) is 2.16. The zero-order chi connectivity index (χ0) is 9.52. The van der Waals surface area contributed by atoms with E-state index in [1.165, 1.54) is 17.1 Å². The third-order valence-corrected chi connectivity index (χ3v) is 3.01. The number of thioether (sulfide) groups is 1. The molecule has 0 spiro atoms. The van der Waals surface area contributed by atoms with E-state index in [4.69, 9.17) is 0 Å². The molecule has 13 heavy (non-hydrogen) atoms. The van der Waals surface area contributed by atoms with Gasteiger partial charge in [-0.3, -0.25) is 4.79 Å². The highest BCUT2D eigenvalue weighted by atomic mass is 32.2. The highest BCUT2D eigenvalue weighted by molar-refractivity contribution is 7.99. The normalized spacial score (nSPS) is 16.8. The monoisotopic (exact) mass is 199 g/mol. The third-order valence-electron chi connectivity index (χ3n) is 2.02. The second kappa shape index (κ2) is 6.08.